The van der Waals surface area contributed by atoms with Gasteiger partial charge in [0, 0.05) is 0 Å². The standard InChI is InChI=1S/C21H15FN2O2S/c22-16-10-8-15(9-11-16)13-19-20(25)24(14-18-7-4-12-26-18)21(27-19)23-17-5-2-1-3-6-17/h1-13H,14H2/b19-13-,23-21?. The fourth-order valence-electron chi connectivity index (χ4n) is 2.61. The van der Waals surface area contributed by atoms with Crippen molar-refractivity contribution in [3.8, 4) is 0 Å². The summed E-state index contributed by atoms with van der Waals surface area (Å²) < 4.78 is 18.5. The molecule has 2 aromatic carbocycles. The second-order valence-corrected chi connectivity index (χ2v) is 6.87. The number of rotatable bonds is 4. The summed E-state index contributed by atoms with van der Waals surface area (Å²) in [6.07, 6.45) is 3.32. The first kappa shape index (κ1) is 17.3. The molecule has 4 rings (SSSR count). The van der Waals surface area contributed by atoms with E-state index in [1.165, 1.54) is 23.9 Å². The molecule has 134 valence electrons. The number of amidine groups is 1. The van der Waals surface area contributed by atoms with Crippen molar-refractivity contribution in [2.45, 2.75) is 6.54 Å². The highest BCUT2D eigenvalue weighted by Crippen LogP contribution is 2.35. The van der Waals surface area contributed by atoms with Gasteiger partial charge < -0.3 is 4.42 Å². The molecule has 1 aromatic heterocycles. The van der Waals surface area contributed by atoms with Gasteiger partial charge in [-0.25, -0.2) is 9.38 Å². The molecule has 0 unspecified atom stereocenters. The molecule has 0 N–H and O–H groups in total. The molecule has 3 aromatic rings. The van der Waals surface area contributed by atoms with Crippen LogP contribution in [0.4, 0.5) is 10.1 Å². The number of amides is 1. The molecule has 1 saturated heterocycles. The van der Waals surface area contributed by atoms with Crippen molar-refractivity contribution in [2.24, 2.45) is 4.99 Å². The zero-order valence-electron chi connectivity index (χ0n) is 14.2. The molecule has 0 aliphatic carbocycles. The minimum atomic E-state index is -0.312. The van der Waals surface area contributed by atoms with Gasteiger partial charge in [0.1, 0.15) is 11.6 Å². The Labute approximate surface area is 160 Å². The Morgan fingerprint density at radius 3 is 2.52 bits per heavy atom. The SMILES string of the molecule is O=C1/C(=C/c2ccc(F)cc2)SC(=Nc2ccccc2)N1Cc1ccco1. The average Bonchev–Trinajstić information content (AvgIpc) is 3.29. The molecule has 0 bridgehead atoms. The number of hydrogen-bond donors (Lipinski definition) is 0. The van der Waals surface area contributed by atoms with Gasteiger partial charge in [-0.15, -0.1) is 0 Å². The van der Waals surface area contributed by atoms with E-state index in [1.54, 1.807) is 35.4 Å². The predicted octanol–water partition coefficient (Wildman–Crippen LogP) is 5.22. The van der Waals surface area contributed by atoms with Crippen molar-refractivity contribution in [1.82, 2.24) is 4.90 Å². The van der Waals surface area contributed by atoms with Crippen molar-refractivity contribution in [3.63, 3.8) is 0 Å². The molecular formula is C21H15FN2O2S. The molecule has 1 aliphatic rings. The van der Waals surface area contributed by atoms with E-state index in [9.17, 15) is 9.18 Å². The molecule has 0 atom stereocenters. The van der Waals surface area contributed by atoms with Crippen LogP contribution in [0.1, 0.15) is 11.3 Å². The third-order valence-electron chi connectivity index (χ3n) is 3.93. The van der Waals surface area contributed by atoms with Gasteiger partial charge in [-0.2, -0.15) is 0 Å². The summed E-state index contributed by atoms with van der Waals surface area (Å²) in [7, 11) is 0. The molecule has 0 saturated carbocycles. The Morgan fingerprint density at radius 1 is 1.04 bits per heavy atom. The van der Waals surface area contributed by atoms with Crippen LogP contribution < -0.4 is 0 Å². The number of benzene rings is 2. The van der Waals surface area contributed by atoms with Gasteiger partial charge in [0.15, 0.2) is 5.17 Å². The van der Waals surface area contributed by atoms with E-state index in [4.69, 9.17) is 4.42 Å². The molecule has 0 spiro atoms. The van der Waals surface area contributed by atoms with Crippen molar-refractivity contribution < 1.29 is 13.6 Å². The molecule has 0 radical (unpaired) electrons. The van der Waals surface area contributed by atoms with Crippen LogP contribution in [-0.4, -0.2) is 16.0 Å². The lowest BCUT2D eigenvalue weighted by Gasteiger charge is -2.13. The van der Waals surface area contributed by atoms with E-state index in [-0.39, 0.29) is 11.7 Å². The minimum absolute atomic E-state index is 0.157. The number of nitrogens with zero attached hydrogens (tertiary/aromatic N) is 2. The number of halogens is 1. The summed E-state index contributed by atoms with van der Waals surface area (Å²) in [4.78, 5) is 19.7. The third kappa shape index (κ3) is 4.01. The lowest BCUT2D eigenvalue weighted by Crippen LogP contribution is -2.28. The Morgan fingerprint density at radius 2 is 1.81 bits per heavy atom. The zero-order chi connectivity index (χ0) is 18.6. The van der Waals surface area contributed by atoms with E-state index >= 15 is 0 Å². The number of carbonyl (C=O) groups is 1. The largest absolute Gasteiger partial charge is 0.467 e. The van der Waals surface area contributed by atoms with Crippen LogP contribution in [0.2, 0.25) is 0 Å². The summed E-state index contributed by atoms with van der Waals surface area (Å²) in [6.45, 7) is 0.297. The smallest absolute Gasteiger partial charge is 0.267 e. The minimum Gasteiger partial charge on any atom is -0.467 e. The number of aliphatic imine (C=N–C) groups is 1. The first-order chi connectivity index (χ1) is 13.2. The van der Waals surface area contributed by atoms with Crippen molar-refractivity contribution >= 4 is 34.6 Å². The summed E-state index contributed by atoms with van der Waals surface area (Å²) in [5, 5.41) is 0.580. The molecule has 1 fully saturated rings. The van der Waals surface area contributed by atoms with Crippen molar-refractivity contribution in [2.75, 3.05) is 0 Å². The lowest BCUT2D eigenvalue weighted by molar-refractivity contribution is -0.122. The first-order valence-corrected chi connectivity index (χ1v) is 9.14. The number of carbonyl (C=O) groups excluding carboxylic acids is 1. The maximum Gasteiger partial charge on any atom is 0.267 e. The average molecular weight is 378 g/mol. The third-order valence-corrected chi connectivity index (χ3v) is 4.94. The molecule has 4 nitrogen and oxygen atoms in total. The van der Waals surface area contributed by atoms with E-state index in [0.29, 0.717) is 22.4 Å². The highest BCUT2D eigenvalue weighted by molar-refractivity contribution is 8.18. The second-order valence-electron chi connectivity index (χ2n) is 5.86. The maximum atomic E-state index is 13.1. The summed E-state index contributed by atoms with van der Waals surface area (Å²) >= 11 is 1.29. The van der Waals surface area contributed by atoms with Gasteiger partial charge >= 0.3 is 0 Å². The Balaban J connectivity index is 1.68. The molecule has 27 heavy (non-hydrogen) atoms. The van der Waals surface area contributed by atoms with Crippen LogP contribution in [0.5, 0.6) is 0 Å². The van der Waals surface area contributed by atoms with Crippen LogP contribution >= 0.6 is 11.8 Å². The normalized spacial score (nSPS) is 17.2. The van der Waals surface area contributed by atoms with E-state index in [1.807, 2.05) is 36.4 Å². The van der Waals surface area contributed by atoms with E-state index in [0.717, 1.165) is 11.3 Å². The van der Waals surface area contributed by atoms with Crippen LogP contribution in [0.15, 0.2) is 87.3 Å². The van der Waals surface area contributed by atoms with Crippen molar-refractivity contribution in [1.29, 1.82) is 0 Å². The zero-order valence-corrected chi connectivity index (χ0v) is 15.0. The van der Waals surface area contributed by atoms with E-state index in [2.05, 4.69) is 4.99 Å². The van der Waals surface area contributed by atoms with Crippen LogP contribution in [0.3, 0.4) is 0 Å². The fourth-order valence-corrected chi connectivity index (χ4v) is 3.61. The van der Waals surface area contributed by atoms with Gasteiger partial charge in [0.2, 0.25) is 0 Å². The topological polar surface area (TPSA) is 45.8 Å². The van der Waals surface area contributed by atoms with Crippen LogP contribution in [-0.2, 0) is 11.3 Å². The van der Waals surface area contributed by atoms with E-state index < -0.39 is 0 Å². The highest BCUT2D eigenvalue weighted by atomic mass is 32.2. The van der Waals surface area contributed by atoms with Gasteiger partial charge in [-0.05, 0) is 59.8 Å². The Kier molecular flexibility index (Phi) is 4.89. The Hall–Kier alpha value is -3.12. The summed E-state index contributed by atoms with van der Waals surface area (Å²) in [5.74, 6) is 0.205. The predicted molar refractivity (Wildman–Crippen MR) is 105 cm³/mol. The number of furan rings is 1. The molecule has 1 amide bonds. The molecule has 1 aliphatic heterocycles. The van der Waals surface area contributed by atoms with Crippen LogP contribution in [0.25, 0.3) is 6.08 Å². The van der Waals surface area contributed by atoms with Gasteiger partial charge in [0.25, 0.3) is 5.91 Å². The number of hydrogen-bond acceptors (Lipinski definition) is 4. The van der Waals surface area contributed by atoms with Gasteiger partial charge in [-0.3, -0.25) is 9.69 Å². The lowest BCUT2D eigenvalue weighted by atomic mass is 10.2. The molecule has 2 heterocycles. The fraction of sp³-hybridized carbons (Fsp3) is 0.0476. The molecule has 6 heteroatoms. The summed E-state index contributed by atoms with van der Waals surface area (Å²) in [6, 6.07) is 19.1. The Bertz CT molecular complexity index is 996. The van der Waals surface area contributed by atoms with Crippen molar-refractivity contribution in [3.05, 3.63) is 95.0 Å². The molecular weight excluding hydrogens is 363 g/mol. The van der Waals surface area contributed by atoms with Crippen LogP contribution in [0, 0.1) is 5.82 Å². The van der Waals surface area contributed by atoms with Gasteiger partial charge in [-0.1, -0.05) is 30.3 Å². The maximum absolute atomic E-state index is 13.1. The summed E-state index contributed by atoms with van der Waals surface area (Å²) in [5.41, 5.74) is 1.52. The highest BCUT2D eigenvalue weighted by Gasteiger charge is 2.34. The monoisotopic (exact) mass is 378 g/mol. The first-order valence-electron chi connectivity index (χ1n) is 8.32. The number of thioether (sulfide) groups is 1. The van der Waals surface area contributed by atoms with Gasteiger partial charge in [0.05, 0.1) is 23.4 Å². The quantitative estimate of drug-likeness (QED) is 0.585. The second kappa shape index (κ2) is 7.63. The number of para-hydroxylation sites is 1.